The van der Waals surface area contributed by atoms with Gasteiger partial charge in [-0.15, -0.1) is 0 Å². The van der Waals surface area contributed by atoms with Crippen molar-refractivity contribution in [1.29, 1.82) is 0 Å². The SMILES string of the molecule is CC1(C)NC(=O)C(C)(C2CC2)N(CCC(F)(F)F)C1=O. The van der Waals surface area contributed by atoms with Gasteiger partial charge in [-0.25, -0.2) is 0 Å². The van der Waals surface area contributed by atoms with Gasteiger partial charge < -0.3 is 10.2 Å². The van der Waals surface area contributed by atoms with Crippen molar-refractivity contribution < 1.29 is 22.8 Å². The molecule has 0 bridgehead atoms. The molecule has 2 fully saturated rings. The summed E-state index contributed by atoms with van der Waals surface area (Å²) < 4.78 is 37.4. The van der Waals surface area contributed by atoms with E-state index in [1.165, 1.54) is 13.8 Å². The first-order chi connectivity index (χ1) is 8.98. The number of carbonyl (C=O) groups excluding carboxylic acids is 2. The number of nitrogens with zero attached hydrogens (tertiary/aromatic N) is 1. The zero-order valence-electron chi connectivity index (χ0n) is 11.8. The maximum absolute atomic E-state index is 12.5. The second kappa shape index (κ2) is 4.36. The molecule has 4 nitrogen and oxygen atoms in total. The number of piperazine rings is 1. The average Bonchev–Trinajstić information content (AvgIpc) is 3.08. The smallest absolute Gasteiger partial charge is 0.340 e. The Kier molecular flexibility index (Phi) is 3.30. The quantitative estimate of drug-likeness (QED) is 0.863. The average molecular weight is 292 g/mol. The van der Waals surface area contributed by atoms with E-state index in [1.54, 1.807) is 6.92 Å². The Morgan fingerprint density at radius 1 is 1.25 bits per heavy atom. The van der Waals surface area contributed by atoms with Crippen LogP contribution in [0.5, 0.6) is 0 Å². The topological polar surface area (TPSA) is 49.4 Å². The third kappa shape index (κ3) is 2.50. The van der Waals surface area contributed by atoms with Crippen LogP contribution in [0.1, 0.15) is 40.0 Å². The molecule has 1 atom stereocenters. The Labute approximate surface area is 115 Å². The predicted octanol–water partition coefficient (Wildman–Crippen LogP) is 1.84. The summed E-state index contributed by atoms with van der Waals surface area (Å²) in [4.78, 5) is 25.8. The second-order valence-corrected chi connectivity index (χ2v) is 6.32. The van der Waals surface area contributed by atoms with Gasteiger partial charge in [-0.05, 0) is 39.5 Å². The van der Waals surface area contributed by atoms with Gasteiger partial charge in [-0.1, -0.05) is 0 Å². The highest BCUT2D eigenvalue weighted by Gasteiger charge is 2.59. The van der Waals surface area contributed by atoms with Crippen molar-refractivity contribution in [3.63, 3.8) is 0 Å². The zero-order chi connectivity index (χ0) is 15.3. The van der Waals surface area contributed by atoms with Crippen LogP contribution in [0.2, 0.25) is 0 Å². The van der Waals surface area contributed by atoms with Crippen LogP contribution in [0.15, 0.2) is 0 Å². The van der Waals surface area contributed by atoms with Gasteiger partial charge in [-0.3, -0.25) is 9.59 Å². The van der Waals surface area contributed by atoms with E-state index in [-0.39, 0.29) is 11.8 Å². The number of rotatable bonds is 3. The normalized spacial score (nSPS) is 30.4. The molecule has 0 aromatic heterocycles. The summed E-state index contributed by atoms with van der Waals surface area (Å²) in [5.41, 5.74) is -2.31. The van der Waals surface area contributed by atoms with Crippen LogP contribution in [0, 0.1) is 5.92 Å². The molecule has 0 radical (unpaired) electrons. The molecule has 1 saturated carbocycles. The standard InChI is InChI=1S/C13H19F3N2O2/c1-11(2)10(20)18(7-6-13(14,15)16)12(3,8-4-5-8)9(19)17-11/h8H,4-7H2,1-3H3,(H,17,19). The molecule has 2 amide bonds. The molecule has 1 N–H and O–H groups in total. The molecular formula is C13H19F3N2O2. The van der Waals surface area contributed by atoms with E-state index in [9.17, 15) is 22.8 Å². The Morgan fingerprint density at radius 3 is 2.25 bits per heavy atom. The lowest BCUT2D eigenvalue weighted by molar-refractivity contribution is -0.170. The fraction of sp³-hybridized carbons (Fsp3) is 0.846. The maximum Gasteiger partial charge on any atom is 0.390 e. The lowest BCUT2D eigenvalue weighted by atomic mass is 9.84. The highest BCUT2D eigenvalue weighted by atomic mass is 19.4. The van der Waals surface area contributed by atoms with Crippen LogP contribution in [0.3, 0.4) is 0 Å². The van der Waals surface area contributed by atoms with E-state index >= 15 is 0 Å². The van der Waals surface area contributed by atoms with E-state index in [2.05, 4.69) is 5.32 Å². The molecule has 0 aromatic rings. The van der Waals surface area contributed by atoms with Gasteiger partial charge in [0, 0.05) is 6.54 Å². The van der Waals surface area contributed by atoms with Gasteiger partial charge in [0.2, 0.25) is 11.8 Å². The summed E-state index contributed by atoms with van der Waals surface area (Å²) in [7, 11) is 0. The van der Waals surface area contributed by atoms with Crippen molar-refractivity contribution in [2.24, 2.45) is 5.92 Å². The minimum atomic E-state index is -4.34. The molecule has 20 heavy (non-hydrogen) atoms. The van der Waals surface area contributed by atoms with Crippen molar-refractivity contribution in [3.05, 3.63) is 0 Å². The Bertz CT molecular complexity index is 443. The van der Waals surface area contributed by atoms with Crippen LogP contribution in [0.25, 0.3) is 0 Å². The van der Waals surface area contributed by atoms with Gasteiger partial charge in [0.1, 0.15) is 11.1 Å². The number of hydrogen-bond donors (Lipinski definition) is 1. The maximum atomic E-state index is 12.5. The van der Waals surface area contributed by atoms with Gasteiger partial charge >= 0.3 is 6.18 Å². The van der Waals surface area contributed by atoms with Crippen LogP contribution in [0.4, 0.5) is 13.2 Å². The molecular weight excluding hydrogens is 273 g/mol. The van der Waals surface area contributed by atoms with Crippen LogP contribution < -0.4 is 5.32 Å². The Hall–Kier alpha value is -1.27. The number of amides is 2. The number of carbonyl (C=O) groups is 2. The minimum Gasteiger partial charge on any atom is -0.340 e. The number of alkyl halides is 3. The first-order valence-electron chi connectivity index (χ1n) is 6.70. The van der Waals surface area contributed by atoms with Crippen molar-refractivity contribution in [1.82, 2.24) is 10.2 Å². The van der Waals surface area contributed by atoms with Crippen LogP contribution in [-0.4, -0.2) is 40.5 Å². The van der Waals surface area contributed by atoms with E-state index in [1.807, 2.05) is 0 Å². The summed E-state index contributed by atoms with van der Waals surface area (Å²) >= 11 is 0. The fourth-order valence-corrected chi connectivity index (χ4v) is 2.76. The van der Waals surface area contributed by atoms with E-state index in [0.29, 0.717) is 0 Å². The molecule has 1 aliphatic heterocycles. The molecule has 114 valence electrons. The first kappa shape index (κ1) is 15.1. The van der Waals surface area contributed by atoms with Gasteiger partial charge in [0.15, 0.2) is 0 Å². The van der Waals surface area contributed by atoms with Crippen molar-refractivity contribution in [3.8, 4) is 0 Å². The molecule has 7 heteroatoms. The summed E-state index contributed by atoms with van der Waals surface area (Å²) in [6.45, 7) is 4.14. The van der Waals surface area contributed by atoms with Crippen LogP contribution >= 0.6 is 0 Å². The number of halogens is 3. The molecule has 0 spiro atoms. The summed E-state index contributed by atoms with van der Waals surface area (Å²) in [6.07, 6.45) is -3.91. The van der Waals surface area contributed by atoms with Crippen molar-refractivity contribution in [2.45, 2.75) is 57.3 Å². The molecule has 1 unspecified atom stereocenters. The Balaban J connectivity index is 2.29. The molecule has 1 saturated heterocycles. The van der Waals surface area contributed by atoms with Gasteiger partial charge in [-0.2, -0.15) is 13.2 Å². The predicted molar refractivity (Wildman–Crippen MR) is 65.7 cm³/mol. The summed E-state index contributed by atoms with van der Waals surface area (Å²) in [5.74, 6) is -0.849. The highest BCUT2D eigenvalue weighted by molar-refractivity contribution is 6.02. The minimum absolute atomic E-state index is 0.0456. The largest absolute Gasteiger partial charge is 0.390 e. The third-order valence-corrected chi connectivity index (χ3v) is 4.22. The van der Waals surface area contributed by atoms with E-state index in [0.717, 1.165) is 17.7 Å². The lowest BCUT2D eigenvalue weighted by Gasteiger charge is -2.49. The molecule has 1 aliphatic carbocycles. The molecule has 1 heterocycles. The third-order valence-electron chi connectivity index (χ3n) is 4.22. The molecule has 0 aromatic carbocycles. The molecule has 2 aliphatic rings. The fourth-order valence-electron chi connectivity index (χ4n) is 2.76. The summed E-state index contributed by atoms with van der Waals surface area (Å²) in [5, 5.41) is 2.63. The second-order valence-electron chi connectivity index (χ2n) is 6.32. The number of hydrogen-bond acceptors (Lipinski definition) is 2. The highest BCUT2D eigenvalue weighted by Crippen LogP contribution is 2.46. The lowest BCUT2D eigenvalue weighted by Crippen LogP contribution is -2.74. The zero-order valence-corrected chi connectivity index (χ0v) is 11.8. The van der Waals surface area contributed by atoms with Crippen molar-refractivity contribution >= 4 is 11.8 Å². The van der Waals surface area contributed by atoms with Gasteiger partial charge in [0.25, 0.3) is 0 Å². The van der Waals surface area contributed by atoms with Crippen LogP contribution in [-0.2, 0) is 9.59 Å². The van der Waals surface area contributed by atoms with E-state index < -0.39 is 36.1 Å². The van der Waals surface area contributed by atoms with Gasteiger partial charge in [0.05, 0.1) is 6.42 Å². The summed E-state index contributed by atoms with van der Waals surface area (Å²) in [6, 6.07) is 0. The Morgan fingerprint density at radius 2 is 1.80 bits per heavy atom. The molecule has 2 rings (SSSR count). The monoisotopic (exact) mass is 292 g/mol. The number of nitrogens with one attached hydrogen (secondary N) is 1. The first-order valence-corrected chi connectivity index (χ1v) is 6.70. The van der Waals surface area contributed by atoms with Crippen molar-refractivity contribution in [2.75, 3.05) is 6.54 Å². The van der Waals surface area contributed by atoms with E-state index in [4.69, 9.17) is 0 Å².